The number of carbonyl (C=O) groups is 1. The van der Waals surface area contributed by atoms with E-state index in [1.807, 2.05) is 0 Å². The standard InChI is InChI=1S/CH4N2O.ClH.H2O/c2-1(3)4;;/h(H4,2,3,4);1H;1H2. The lowest BCUT2D eigenvalue weighted by molar-refractivity contribution is 0.256. The van der Waals surface area contributed by atoms with E-state index in [1.54, 1.807) is 0 Å². The van der Waals surface area contributed by atoms with Crippen LogP contribution >= 0.6 is 12.4 Å². The summed E-state index contributed by atoms with van der Waals surface area (Å²) in [7, 11) is 0. The highest BCUT2D eigenvalue weighted by Crippen LogP contribution is 1.25. The first-order valence-corrected chi connectivity index (χ1v) is 0.781. The second-order valence-corrected chi connectivity index (χ2v) is 0.402. The Labute approximate surface area is 41.2 Å². The minimum atomic E-state index is -0.833. The molecule has 5 heteroatoms. The molecule has 0 aliphatic heterocycles. The maximum atomic E-state index is 9.00. The quantitative estimate of drug-likeness (QED) is 0.399. The fourth-order valence-corrected chi connectivity index (χ4v) is 0. The number of halogens is 1. The van der Waals surface area contributed by atoms with Crippen molar-refractivity contribution in [2.75, 3.05) is 0 Å². The number of hydrogen-bond acceptors (Lipinski definition) is 1. The lowest BCUT2D eigenvalue weighted by Gasteiger charge is -1.62. The van der Waals surface area contributed by atoms with Crippen molar-refractivity contribution in [1.29, 1.82) is 0 Å². The zero-order chi connectivity index (χ0) is 3.58. The molecule has 0 bridgehead atoms. The first kappa shape index (κ1) is 17.8. The highest BCUT2D eigenvalue weighted by atomic mass is 35.5. The van der Waals surface area contributed by atoms with E-state index in [0.29, 0.717) is 0 Å². The molecule has 0 aliphatic rings. The van der Waals surface area contributed by atoms with E-state index in [2.05, 4.69) is 11.5 Å². The van der Waals surface area contributed by atoms with Crippen molar-refractivity contribution in [2.45, 2.75) is 0 Å². The Balaban J connectivity index is -0.0000000450. The summed E-state index contributed by atoms with van der Waals surface area (Å²) < 4.78 is 0. The monoisotopic (exact) mass is 114 g/mol. The van der Waals surface area contributed by atoms with Crippen molar-refractivity contribution < 1.29 is 10.3 Å². The van der Waals surface area contributed by atoms with E-state index < -0.39 is 6.03 Å². The minimum Gasteiger partial charge on any atom is -0.412 e. The second-order valence-electron chi connectivity index (χ2n) is 0.402. The Morgan fingerprint density at radius 3 is 1.33 bits per heavy atom. The van der Waals surface area contributed by atoms with E-state index in [4.69, 9.17) is 4.79 Å². The van der Waals surface area contributed by atoms with Gasteiger partial charge in [-0.1, -0.05) is 0 Å². The number of primary amides is 2. The highest BCUT2D eigenvalue weighted by Gasteiger charge is 1.60. The van der Waals surface area contributed by atoms with Gasteiger partial charge in [-0.2, -0.15) is 0 Å². The largest absolute Gasteiger partial charge is 0.412 e. The maximum absolute atomic E-state index is 9.00. The number of rotatable bonds is 0. The smallest absolute Gasteiger partial charge is 0.309 e. The molecule has 0 saturated carbocycles. The Morgan fingerprint density at radius 1 is 1.33 bits per heavy atom. The molecule has 6 N–H and O–H groups in total. The van der Waals surface area contributed by atoms with Crippen LogP contribution in [0.3, 0.4) is 0 Å². The van der Waals surface area contributed by atoms with Gasteiger partial charge in [0.25, 0.3) is 0 Å². The molecule has 0 aromatic carbocycles. The highest BCUT2D eigenvalue weighted by molar-refractivity contribution is 5.85. The van der Waals surface area contributed by atoms with Crippen LogP contribution in [-0.4, -0.2) is 11.5 Å². The normalized spacial score (nSPS) is 4.00. The molecule has 0 atom stereocenters. The topological polar surface area (TPSA) is 101 Å². The van der Waals surface area contributed by atoms with Crippen LogP contribution in [0.4, 0.5) is 4.79 Å². The van der Waals surface area contributed by atoms with Crippen LogP contribution in [0.15, 0.2) is 0 Å². The van der Waals surface area contributed by atoms with Gasteiger partial charge < -0.3 is 16.9 Å². The van der Waals surface area contributed by atoms with Crippen LogP contribution in [0, 0.1) is 0 Å². The second kappa shape index (κ2) is 8.82. The van der Waals surface area contributed by atoms with Crippen LogP contribution in [0.1, 0.15) is 0 Å². The molecular formula is CH7ClN2O2. The summed E-state index contributed by atoms with van der Waals surface area (Å²) in [4.78, 5) is 9.00. The van der Waals surface area contributed by atoms with Crippen LogP contribution in [0.5, 0.6) is 0 Å². The number of urea groups is 1. The molecule has 0 aliphatic carbocycles. The van der Waals surface area contributed by atoms with Gasteiger partial charge in [-0.25, -0.2) is 4.79 Å². The first-order valence-electron chi connectivity index (χ1n) is 0.781. The van der Waals surface area contributed by atoms with Crippen molar-refractivity contribution >= 4 is 18.4 Å². The SMILES string of the molecule is Cl.NC(N)=O.O. The summed E-state index contributed by atoms with van der Waals surface area (Å²) in [6.07, 6.45) is 0. The Bertz CT molecular complexity index is 34.5. The van der Waals surface area contributed by atoms with Gasteiger partial charge in [-0.15, -0.1) is 12.4 Å². The molecule has 0 spiro atoms. The molecule has 0 rings (SSSR count). The van der Waals surface area contributed by atoms with Gasteiger partial charge in [0, 0.05) is 0 Å². The van der Waals surface area contributed by atoms with E-state index in [0.717, 1.165) is 0 Å². The molecule has 2 amide bonds. The number of carbonyl (C=O) groups excluding carboxylic acids is 1. The molecule has 0 fully saturated rings. The van der Waals surface area contributed by atoms with E-state index in [1.165, 1.54) is 0 Å². The number of amides is 2. The van der Waals surface area contributed by atoms with Gasteiger partial charge >= 0.3 is 6.03 Å². The predicted octanol–water partition coefficient (Wildman–Crippen LogP) is -1.38. The summed E-state index contributed by atoms with van der Waals surface area (Å²) in [6, 6.07) is -0.833. The molecule has 0 saturated heterocycles. The summed E-state index contributed by atoms with van der Waals surface area (Å²) >= 11 is 0. The van der Waals surface area contributed by atoms with Crippen LogP contribution in [-0.2, 0) is 0 Å². The summed E-state index contributed by atoms with van der Waals surface area (Å²) in [5, 5.41) is 0. The third-order valence-electron chi connectivity index (χ3n) is 0. The van der Waals surface area contributed by atoms with Crippen molar-refractivity contribution in [3.63, 3.8) is 0 Å². The Morgan fingerprint density at radius 2 is 1.33 bits per heavy atom. The van der Waals surface area contributed by atoms with Gasteiger partial charge in [-0.05, 0) is 0 Å². The lowest BCUT2D eigenvalue weighted by atomic mass is 11.2. The molecule has 40 valence electrons. The average Bonchev–Trinajstić information content (AvgIpc) is 0.811. The fourth-order valence-electron chi connectivity index (χ4n) is 0. The van der Waals surface area contributed by atoms with Gasteiger partial charge in [0.05, 0.1) is 0 Å². The summed E-state index contributed by atoms with van der Waals surface area (Å²) in [6.45, 7) is 0. The van der Waals surface area contributed by atoms with Gasteiger partial charge in [-0.3, -0.25) is 0 Å². The fraction of sp³-hybridized carbons (Fsp3) is 0. The van der Waals surface area contributed by atoms with Crippen molar-refractivity contribution in [3.8, 4) is 0 Å². The Hall–Kier alpha value is -0.480. The molecule has 0 unspecified atom stereocenters. The molecular weight excluding hydrogens is 107 g/mol. The Kier molecular flexibility index (Phi) is 26.1. The lowest BCUT2D eigenvalue weighted by Crippen LogP contribution is -2.18. The predicted molar refractivity (Wildman–Crippen MR) is 24.6 cm³/mol. The molecule has 6 heavy (non-hydrogen) atoms. The zero-order valence-electron chi connectivity index (χ0n) is 2.97. The van der Waals surface area contributed by atoms with E-state index in [-0.39, 0.29) is 17.9 Å². The van der Waals surface area contributed by atoms with Crippen molar-refractivity contribution in [1.82, 2.24) is 0 Å². The van der Waals surface area contributed by atoms with Crippen LogP contribution < -0.4 is 11.5 Å². The molecule has 0 radical (unpaired) electrons. The van der Waals surface area contributed by atoms with Gasteiger partial charge in [0.15, 0.2) is 0 Å². The first-order chi connectivity index (χ1) is 1.73. The average molecular weight is 115 g/mol. The number of hydrogen-bond donors (Lipinski definition) is 2. The third kappa shape index (κ3) is 97.0. The minimum absolute atomic E-state index is 0. The van der Waals surface area contributed by atoms with Crippen LogP contribution in [0.2, 0.25) is 0 Å². The molecule has 0 aromatic rings. The number of nitrogens with two attached hydrogens (primary N) is 2. The summed E-state index contributed by atoms with van der Waals surface area (Å²) in [5.74, 6) is 0. The van der Waals surface area contributed by atoms with Gasteiger partial charge in [0.2, 0.25) is 0 Å². The van der Waals surface area contributed by atoms with Crippen LogP contribution in [0.25, 0.3) is 0 Å². The maximum Gasteiger partial charge on any atom is 0.309 e. The summed E-state index contributed by atoms with van der Waals surface area (Å²) in [5.41, 5.74) is 8.50. The van der Waals surface area contributed by atoms with E-state index >= 15 is 0 Å². The molecule has 0 aromatic heterocycles. The van der Waals surface area contributed by atoms with Gasteiger partial charge in [0.1, 0.15) is 0 Å². The van der Waals surface area contributed by atoms with Crippen molar-refractivity contribution in [2.24, 2.45) is 11.5 Å². The van der Waals surface area contributed by atoms with E-state index in [9.17, 15) is 0 Å². The third-order valence-corrected chi connectivity index (χ3v) is 0. The zero-order valence-corrected chi connectivity index (χ0v) is 3.79. The molecule has 4 nitrogen and oxygen atoms in total. The molecule has 0 heterocycles. The van der Waals surface area contributed by atoms with Crippen molar-refractivity contribution in [3.05, 3.63) is 0 Å².